The highest BCUT2D eigenvalue weighted by Gasteiger charge is 2.25. The molecule has 3 heterocycles. The van der Waals surface area contributed by atoms with E-state index in [9.17, 15) is 0 Å². The van der Waals surface area contributed by atoms with Gasteiger partial charge in [-0.2, -0.15) is 0 Å². The van der Waals surface area contributed by atoms with Crippen molar-refractivity contribution in [3.8, 4) is 44.8 Å². The van der Waals surface area contributed by atoms with Crippen molar-refractivity contribution in [2.75, 3.05) is 0 Å². The van der Waals surface area contributed by atoms with E-state index in [0.29, 0.717) is 0 Å². The summed E-state index contributed by atoms with van der Waals surface area (Å²) in [6.07, 6.45) is 0. The Bertz CT molecular complexity index is 3330. The van der Waals surface area contributed by atoms with Gasteiger partial charge < -0.3 is 9.13 Å². The van der Waals surface area contributed by atoms with E-state index in [1.165, 1.54) is 103 Å². The molecule has 0 radical (unpaired) electrons. The van der Waals surface area contributed by atoms with Gasteiger partial charge in [0.15, 0.2) is 0 Å². The summed E-state index contributed by atoms with van der Waals surface area (Å²) in [5, 5.41) is 7.76. The van der Waals surface area contributed by atoms with E-state index >= 15 is 0 Å². The predicted octanol–water partition coefficient (Wildman–Crippen LogP) is 14.5. The van der Waals surface area contributed by atoms with Gasteiger partial charge in [0.2, 0.25) is 0 Å². The molecule has 0 atom stereocenters. The zero-order valence-electron chi connectivity index (χ0n) is 29.8. The van der Waals surface area contributed by atoms with Gasteiger partial charge in [0, 0.05) is 48.1 Å². The highest BCUT2D eigenvalue weighted by molar-refractivity contribution is 7.99. The van der Waals surface area contributed by atoms with Crippen molar-refractivity contribution in [3.63, 3.8) is 0 Å². The third kappa shape index (κ3) is 4.57. The first-order valence-electron chi connectivity index (χ1n) is 18.8. The fourth-order valence-corrected chi connectivity index (χ4v) is 10.2. The minimum absolute atomic E-state index is 1.16. The standard InChI is InChI=1S/C52H32N2S/c1-3-13-33(14-4-1)34-15-11-18-38(29-34)54-46-23-10-8-20-40(46)51-41-21-12-24-50-52(41)44(32-48(51)54)43-31-36(26-28-49(43)55-50)35-25-27-47-42(30-35)39-19-7-9-22-45(39)53(47)37-16-5-2-6-17-37/h1-32H. The Morgan fingerprint density at radius 3 is 1.75 bits per heavy atom. The summed E-state index contributed by atoms with van der Waals surface area (Å²) in [6.45, 7) is 0. The monoisotopic (exact) mass is 716 g/mol. The maximum absolute atomic E-state index is 2.47. The van der Waals surface area contributed by atoms with Crippen LogP contribution >= 0.6 is 11.8 Å². The Balaban J connectivity index is 1.08. The van der Waals surface area contributed by atoms with Crippen molar-refractivity contribution in [2.24, 2.45) is 0 Å². The molecule has 2 nitrogen and oxygen atoms in total. The molecule has 256 valence electrons. The maximum Gasteiger partial charge on any atom is 0.0553 e. The first kappa shape index (κ1) is 30.6. The average Bonchev–Trinajstić information content (AvgIpc) is 3.77. The molecule has 0 amide bonds. The van der Waals surface area contributed by atoms with Crippen LogP contribution in [0.15, 0.2) is 204 Å². The van der Waals surface area contributed by atoms with Crippen LogP contribution in [0.5, 0.6) is 0 Å². The molecule has 0 N–H and O–H groups in total. The Kier molecular flexibility index (Phi) is 6.60. The molecule has 0 fully saturated rings. The van der Waals surface area contributed by atoms with Crippen LogP contribution in [0, 0.1) is 0 Å². The fourth-order valence-electron chi connectivity index (χ4n) is 9.07. The Morgan fingerprint density at radius 1 is 0.291 bits per heavy atom. The van der Waals surface area contributed by atoms with Gasteiger partial charge in [-0.15, -0.1) is 0 Å². The summed E-state index contributed by atoms with van der Waals surface area (Å²) in [4.78, 5) is 2.60. The molecule has 0 aliphatic carbocycles. The summed E-state index contributed by atoms with van der Waals surface area (Å²) in [6, 6.07) is 71.4. The van der Waals surface area contributed by atoms with Gasteiger partial charge in [0.05, 0.1) is 22.1 Å². The van der Waals surface area contributed by atoms with Crippen molar-refractivity contribution >= 4 is 66.1 Å². The highest BCUT2D eigenvalue weighted by Crippen LogP contribution is 2.52. The van der Waals surface area contributed by atoms with E-state index in [1.807, 2.05) is 11.8 Å². The van der Waals surface area contributed by atoms with Crippen molar-refractivity contribution in [1.82, 2.24) is 9.13 Å². The summed E-state index contributed by atoms with van der Waals surface area (Å²) < 4.78 is 4.86. The Labute approximate surface area is 322 Å². The topological polar surface area (TPSA) is 9.86 Å². The van der Waals surface area contributed by atoms with Crippen LogP contribution in [-0.2, 0) is 0 Å². The van der Waals surface area contributed by atoms with E-state index in [-0.39, 0.29) is 0 Å². The van der Waals surface area contributed by atoms with Crippen molar-refractivity contribution in [2.45, 2.75) is 9.79 Å². The summed E-state index contributed by atoms with van der Waals surface area (Å²) in [5.74, 6) is 0. The summed E-state index contributed by atoms with van der Waals surface area (Å²) in [5.41, 5.74) is 14.7. The molecule has 1 aliphatic heterocycles. The molecular formula is C52H32N2S. The number of nitrogens with zero attached hydrogens (tertiary/aromatic N) is 2. The second-order valence-corrected chi connectivity index (χ2v) is 15.6. The van der Waals surface area contributed by atoms with Crippen LogP contribution in [0.25, 0.3) is 99.1 Å². The van der Waals surface area contributed by atoms with Crippen molar-refractivity contribution < 1.29 is 0 Å². The van der Waals surface area contributed by atoms with Crippen LogP contribution in [0.1, 0.15) is 0 Å². The van der Waals surface area contributed by atoms with Crippen LogP contribution < -0.4 is 0 Å². The van der Waals surface area contributed by atoms with Crippen LogP contribution in [0.2, 0.25) is 0 Å². The first-order chi connectivity index (χ1) is 27.3. The summed E-state index contributed by atoms with van der Waals surface area (Å²) >= 11 is 1.89. The molecule has 3 heteroatoms. The average molecular weight is 717 g/mol. The molecule has 0 bridgehead atoms. The van der Waals surface area contributed by atoms with Gasteiger partial charge in [0.1, 0.15) is 0 Å². The molecule has 0 saturated carbocycles. The lowest BCUT2D eigenvalue weighted by atomic mass is 9.92. The predicted molar refractivity (Wildman–Crippen MR) is 233 cm³/mol. The lowest BCUT2D eigenvalue weighted by Crippen LogP contribution is -1.97. The van der Waals surface area contributed by atoms with E-state index in [4.69, 9.17) is 0 Å². The largest absolute Gasteiger partial charge is 0.309 e. The molecule has 1 aliphatic rings. The Hall–Kier alpha value is -6.81. The van der Waals surface area contributed by atoms with Gasteiger partial charge in [-0.3, -0.25) is 0 Å². The van der Waals surface area contributed by atoms with E-state index in [2.05, 4.69) is 203 Å². The quantitative estimate of drug-likeness (QED) is 0.176. The molecule has 0 saturated heterocycles. The third-order valence-electron chi connectivity index (χ3n) is 11.5. The van der Waals surface area contributed by atoms with Crippen molar-refractivity contribution in [1.29, 1.82) is 0 Å². The minimum Gasteiger partial charge on any atom is -0.309 e. The highest BCUT2D eigenvalue weighted by atomic mass is 32.2. The lowest BCUT2D eigenvalue weighted by Gasteiger charge is -2.22. The molecule has 2 aromatic heterocycles. The van der Waals surface area contributed by atoms with E-state index < -0.39 is 0 Å². The fraction of sp³-hybridized carbons (Fsp3) is 0. The first-order valence-corrected chi connectivity index (χ1v) is 19.7. The minimum atomic E-state index is 1.16. The van der Waals surface area contributed by atoms with Crippen molar-refractivity contribution in [3.05, 3.63) is 194 Å². The number of hydrogen-bond acceptors (Lipinski definition) is 1. The van der Waals surface area contributed by atoms with Gasteiger partial charge in [0.25, 0.3) is 0 Å². The van der Waals surface area contributed by atoms with Crippen LogP contribution in [0.3, 0.4) is 0 Å². The number of aromatic nitrogens is 2. The third-order valence-corrected chi connectivity index (χ3v) is 12.6. The SMILES string of the molecule is c1ccc(-c2cccc(-n3c4ccccc4c4c5cccc6c5c(cc43)-c3cc(-c4ccc5c(c4)c4ccccc4n5-c4ccccc4)ccc3S6)c2)cc1. The number of rotatable bonds is 4. The van der Waals surface area contributed by atoms with E-state index in [1.54, 1.807) is 0 Å². The second-order valence-electron chi connectivity index (χ2n) is 14.5. The maximum atomic E-state index is 2.47. The lowest BCUT2D eigenvalue weighted by molar-refractivity contribution is 1.18. The molecule has 0 unspecified atom stereocenters. The molecule has 12 rings (SSSR count). The molecule has 0 spiro atoms. The number of para-hydroxylation sites is 3. The zero-order valence-corrected chi connectivity index (χ0v) is 30.6. The molecular weight excluding hydrogens is 685 g/mol. The molecule has 11 aromatic rings. The zero-order chi connectivity index (χ0) is 36.0. The number of hydrogen-bond donors (Lipinski definition) is 0. The second kappa shape index (κ2) is 11.8. The Morgan fingerprint density at radius 2 is 0.891 bits per heavy atom. The van der Waals surface area contributed by atoms with Gasteiger partial charge >= 0.3 is 0 Å². The van der Waals surface area contributed by atoms with Crippen LogP contribution in [-0.4, -0.2) is 9.13 Å². The van der Waals surface area contributed by atoms with E-state index in [0.717, 1.165) is 5.69 Å². The molecule has 55 heavy (non-hydrogen) atoms. The number of fused-ring (bicyclic) bond motifs is 9. The van der Waals surface area contributed by atoms with Crippen LogP contribution in [0.4, 0.5) is 0 Å². The van der Waals surface area contributed by atoms with Gasteiger partial charge in [-0.1, -0.05) is 133 Å². The summed E-state index contributed by atoms with van der Waals surface area (Å²) in [7, 11) is 0. The normalized spacial score (nSPS) is 12.3. The van der Waals surface area contributed by atoms with Gasteiger partial charge in [-0.25, -0.2) is 0 Å². The molecule has 9 aromatic carbocycles. The number of benzene rings is 9. The smallest absolute Gasteiger partial charge is 0.0553 e. The van der Waals surface area contributed by atoms with Gasteiger partial charge in [-0.05, 0) is 112 Å².